The van der Waals surface area contributed by atoms with Crippen molar-refractivity contribution in [3.63, 3.8) is 0 Å². The van der Waals surface area contributed by atoms with Crippen molar-refractivity contribution < 1.29 is 18.6 Å². The van der Waals surface area contributed by atoms with Gasteiger partial charge in [0.15, 0.2) is 29.8 Å². The number of nitrogens with one attached hydrogen (secondary N) is 1. The van der Waals surface area contributed by atoms with Crippen molar-refractivity contribution in [2.24, 2.45) is 4.99 Å². The SMILES string of the molecule is CCOC1(C2=NCCN2)COc2c(F)cccc2O1. The second-order valence-corrected chi connectivity index (χ2v) is 4.30. The minimum atomic E-state index is -1.11. The van der Waals surface area contributed by atoms with Crippen LogP contribution >= 0.6 is 0 Å². The van der Waals surface area contributed by atoms with Gasteiger partial charge in [-0.25, -0.2) is 4.39 Å². The Hall–Kier alpha value is -1.82. The Bertz CT molecular complexity index is 521. The summed E-state index contributed by atoms with van der Waals surface area (Å²) in [6, 6.07) is 4.56. The average molecular weight is 266 g/mol. The normalized spacial score (nSPS) is 24.8. The van der Waals surface area contributed by atoms with Gasteiger partial charge in [-0.05, 0) is 19.1 Å². The maximum absolute atomic E-state index is 13.6. The lowest BCUT2D eigenvalue weighted by Gasteiger charge is -2.37. The van der Waals surface area contributed by atoms with Gasteiger partial charge in [0.2, 0.25) is 0 Å². The Morgan fingerprint density at radius 3 is 3.16 bits per heavy atom. The first-order valence-corrected chi connectivity index (χ1v) is 6.28. The summed E-state index contributed by atoms with van der Waals surface area (Å²) in [5.41, 5.74) is 0. The molecule has 2 aliphatic rings. The van der Waals surface area contributed by atoms with E-state index in [0.29, 0.717) is 24.7 Å². The molecule has 0 radical (unpaired) electrons. The molecule has 102 valence electrons. The van der Waals surface area contributed by atoms with Crippen LogP contribution in [0.25, 0.3) is 0 Å². The quantitative estimate of drug-likeness (QED) is 0.896. The van der Waals surface area contributed by atoms with Crippen LogP contribution in [-0.4, -0.2) is 37.9 Å². The molecule has 0 saturated heterocycles. The Morgan fingerprint density at radius 2 is 2.42 bits per heavy atom. The Balaban J connectivity index is 1.96. The summed E-state index contributed by atoms with van der Waals surface area (Å²) in [5, 5.41) is 3.12. The first-order valence-electron chi connectivity index (χ1n) is 6.28. The van der Waals surface area contributed by atoms with E-state index in [4.69, 9.17) is 14.2 Å². The number of ether oxygens (including phenoxy) is 3. The molecule has 0 saturated carbocycles. The third-order valence-corrected chi connectivity index (χ3v) is 3.02. The second-order valence-electron chi connectivity index (χ2n) is 4.30. The number of halogens is 1. The van der Waals surface area contributed by atoms with Gasteiger partial charge in [-0.3, -0.25) is 4.99 Å². The van der Waals surface area contributed by atoms with E-state index in [2.05, 4.69) is 10.3 Å². The fraction of sp³-hybridized carbons (Fsp3) is 0.462. The third-order valence-electron chi connectivity index (χ3n) is 3.02. The van der Waals surface area contributed by atoms with E-state index in [1.54, 1.807) is 12.1 Å². The minimum absolute atomic E-state index is 0.0700. The minimum Gasteiger partial charge on any atom is -0.479 e. The summed E-state index contributed by atoms with van der Waals surface area (Å²) in [5.74, 6) is -0.493. The number of hydrogen-bond donors (Lipinski definition) is 1. The van der Waals surface area contributed by atoms with Crippen LogP contribution < -0.4 is 14.8 Å². The van der Waals surface area contributed by atoms with E-state index in [1.165, 1.54) is 6.07 Å². The van der Waals surface area contributed by atoms with Crippen molar-refractivity contribution in [2.75, 3.05) is 26.3 Å². The second kappa shape index (κ2) is 4.70. The van der Waals surface area contributed by atoms with Gasteiger partial charge in [-0.15, -0.1) is 0 Å². The zero-order valence-corrected chi connectivity index (χ0v) is 10.6. The molecule has 1 aromatic rings. The van der Waals surface area contributed by atoms with Gasteiger partial charge < -0.3 is 19.5 Å². The zero-order valence-electron chi connectivity index (χ0n) is 10.6. The predicted octanol–water partition coefficient (Wildman–Crippen LogP) is 1.33. The summed E-state index contributed by atoms with van der Waals surface area (Å²) in [6.45, 7) is 3.78. The molecular formula is C13H15FN2O3. The van der Waals surface area contributed by atoms with Gasteiger partial charge in [0, 0.05) is 13.2 Å². The molecule has 1 atom stereocenters. The summed E-state index contributed by atoms with van der Waals surface area (Å²) in [6.07, 6.45) is 0. The van der Waals surface area contributed by atoms with Crippen molar-refractivity contribution in [1.29, 1.82) is 0 Å². The molecular weight excluding hydrogens is 251 g/mol. The lowest BCUT2D eigenvalue weighted by Crippen LogP contribution is -2.57. The summed E-state index contributed by atoms with van der Waals surface area (Å²) in [4.78, 5) is 4.33. The lowest BCUT2D eigenvalue weighted by atomic mass is 10.2. The molecule has 5 nitrogen and oxygen atoms in total. The Labute approximate surface area is 110 Å². The highest BCUT2D eigenvalue weighted by atomic mass is 19.1. The van der Waals surface area contributed by atoms with Crippen LogP contribution in [0.3, 0.4) is 0 Å². The fourth-order valence-corrected chi connectivity index (χ4v) is 2.23. The van der Waals surface area contributed by atoms with Gasteiger partial charge in [0.05, 0.1) is 6.54 Å². The molecule has 0 amide bonds. The van der Waals surface area contributed by atoms with Gasteiger partial charge in [-0.1, -0.05) is 6.07 Å². The monoisotopic (exact) mass is 266 g/mol. The zero-order chi connectivity index (χ0) is 13.3. The number of nitrogens with zero attached hydrogens (tertiary/aromatic N) is 1. The molecule has 0 fully saturated rings. The van der Waals surface area contributed by atoms with E-state index in [-0.39, 0.29) is 12.4 Å². The molecule has 0 spiro atoms. The van der Waals surface area contributed by atoms with E-state index in [1.807, 2.05) is 6.92 Å². The Morgan fingerprint density at radius 1 is 1.53 bits per heavy atom. The van der Waals surface area contributed by atoms with Crippen LogP contribution in [0.2, 0.25) is 0 Å². The Kier molecular flexibility index (Phi) is 3.02. The van der Waals surface area contributed by atoms with Crippen molar-refractivity contribution >= 4 is 5.84 Å². The number of aliphatic imine (C=N–C) groups is 1. The molecule has 1 N–H and O–H groups in total. The molecule has 0 aliphatic carbocycles. The first-order chi connectivity index (χ1) is 9.25. The molecule has 1 aromatic carbocycles. The molecule has 3 rings (SSSR count). The summed E-state index contributed by atoms with van der Waals surface area (Å²) >= 11 is 0. The molecule has 0 bridgehead atoms. The highest BCUT2D eigenvalue weighted by Gasteiger charge is 2.46. The van der Waals surface area contributed by atoms with Crippen LogP contribution in [0, 0.1) is 5.82 Å². The topological polar surface area (TPSA) is 52.1 Å². The van der Waals surface area contributed by atoms with E-state index in [0.717, 1.165) is 6.54 Å². The van der Waals surface area contributed by atoms with Crippen molar-refractivity contribution in [1.82, 2.24) is 5.32 Å². The molecule has 19 heavy (non-hydrogen) atoms. The van der Waals surface area contributed by atoms with Crippen LogP contribution in [0.4, 0.5) is 4.39 Å². The number of amidine groups is 1. The van der Waals surface area contributed by atoms with E-state index in [9.17, 15) is 4.39 Å². The van der Waals surface area contributed by atoms with Crippen LogP contribution in [0.1, 0.15) is 6.92 Å². The van der Waals surface area contributed by atoms with Gasteiger partial charge in [-0.2, -0.15) is 0 Å². The number of para-hydroxylation sites is 1. The molecule has 2 aliphatic heterocycles. The van der Waals surface area contributed by atoms with E-state index < -0.39 is 11.6 Å². The third kappa shape index (κ3) is 2.02. The van der Waals surface area contributed by atoms with Gasteiger partial charge >= 0.3 is 5.79 Å². The van der Waals surface area contributed by atoms with Gasteiger partial charge in [0.1, 0.15) is 0 Å². The highest BCUT2D eigenvalue weighted by molar-refractivity contribution is 5.91. The maximum Gasteiger partial charge on any atom is 0.304 e. The smallest absolute Gasteiger partial charge is 0.304 e. The number of fused-ring (bicyclic) bond motifs is 1. The summed E-state index contributed by atoms with van der Waals surface area (Å²) < 4.78 is 30.6. The predicted molar refractivity (Wildman–Crippen MR) is 67.2 cm³/mol. The number of hydrogen-bond acceptors (Lipinski definition) is 5. The van der Waals surface area contributed by atoms with Crippen molar-refractivity contribution in [3.8, 4) is 11.5 Å². The summed E-state index contributed by atoms with van der Waals surface area (Å²) in [7, 11) is 0. The largest absolute Gasteiger partial charge is 0.479 e. The molecule has 1 unspecified atom stereocenters. The van der Waals surface area contributed by atoms with Gasteiger partial charge in [0.25, 0.3) is 0 Å². The first kappa shape index (κ1) is 12.2. The standard InChI is InChI=1S/C13H15FN2O3/c1-2-18-13(12-15-6-7-16-12)8-17-11-9(14)4-3-5-10(11)19-13/h3-5H,2,6-8H2,1H3,(H,15,16). The lowest BCUT2D eigenvalue weighted by molar-refractivity contribution is -0.162. The molecule has 0 aromatic heterocycles. The molecule has 2 heterocycles. The van der Waals surface area contributed by atoms with Crippen molar-refractivity contribution in [2.45, 2.75) is 12.7 Å². The average Bonchev–Trinajstić information content (AvgIpc) is 2.93. The van der Waals surface area contributed by atoms with Crippen molar-refractivity contribution in [3.05, 3.63) is 24.0 Å². The molecule has 6 heteroatoms. The van der Waals surface area contributed by atoms with Crippen LogP contribution in [0.5, 0.6) is 11.5 Å². The van der Waals surface area contributed by atoms with Crippen LogP contribution in [0.15, 0.2) is 23.2 Å². The fourth-order valence-electron chi connectivity index (χ4n) is 2.23. The maximum atomic E-state index is 13.6. The highest BCUT2D eigenvalue weighted by Crippen LogP contribution is 2.38. The number of benzene rings is 1. The van der Waals surface area contributed by atoms with E-state index >= 15 is 0 Å². The number of rotatable bonds is 3. The van der Waals surface area contributed by atoms with Crippen LogP contribution in [-0.2, 0) is 4.74 Å².